The number of amides is 1. The van der Waals surface area contributed by atoms with Gasteiger partial charge in [-0.05, 0) is 25.2 Å². The number of esters is 1. The van der Waals surface area contributed by atoms with Gasteiger partial charge >= 0.3 is 5.97 Å². The molecule has 0 radical (unpaired) electrons. The molecule has 15 heavy (non-hydrogen) atoms. The van der Waals surface area contributed by atoms with E-state index in [1.165, 1.54) is 0 Å². The summed E-state index contributed by atoms with van der Waals surface area (Å²) in [6, 6.07) is 0. The Morgan fingerprint density at radius 2 is 1.87 bits per heavy atom. The van der Waals surface area contributed by atoms with Gasteiger partial charge in [-0.15, -0.1) is 0 Å². The molecule has 0 rings (SSSR count). The molecule has 0 aliphatic carbocycles. The smallest absolute Gasteiger partial charge is 0.306 e. The molecule has 88 valence electrons. The molecule has 0 aliphatic heterocycles. The first kappa shape index (κ1) is 13.9. The minimum absolute atomic E-state index is 0.0153. The van der Waals surface area contributed by atoms with E-state index in [0.717, 1.165) is 6.42 Å². The molecule has 0 aromatic rings. The number of hydrogen-bond acceptors (Lipinski definition) is 3. The van der Waals surface area contributed by atoms with E-state index >= 15 is 0 Å². The van der Waals surface area contributed by atoms with Crippen LogP contribution in [0.3, 0.4) is 0 Å². The molecule has 0 aromatic heterocycles. The van der Waals surface area contributed by atoms with Crippen LogP contribution in [0.4, 0.5) is 0 Å². The molecule has 1 atom stereocenters. The zero-order valence-corrected chi connectivity index (χ0v) is 9.79. The van der Waals surface area contributed by atoms with Crippen molar-refractivity contribution in [1.82, 2.24) is 0 Å². The van der Waals surface area contributed by atoms with Gasteiger partial charge in [0.25, 0.3) is 0 Å². The van der Waals surface area contributed by atoms with Crippen molar-refractivity contribution >= 4 is 11.9 Å². The summed E-state index contributed by atoms with van der Waals surface area (Å²) in [4.78, 5) is 22.0. The van der Waals surface area contributed by atoms with Crippen LogP contribution in [0, 0.1) is 11.8 Å². The number of ether oxygens (including phenoxy) is 1. The molecule has 0 bridgehead atoms. The number of hydrogen-bond donors (Lipinski definition) is 1. The van der Waals surface area contributed by atoms with Gasteiger partial charge < -0.3 is 10.5 Å². The van der Waals surface area contributed by atoms with Crippen molar-refractivity contribution in [3.05, 3.63) is 0 Å². The molecular formula is C11H21NO3. The summed E-state index contributed by atoms with van der Waals surface area (Å²) in [6.45, 7) is 6.26. The highest BCUT2D eigenvalue weighted by atomic mass is 16.5. The normalized spacial score (nSPS) is 12.5. The van der Waals surface area contributed by atoms with Gasteiger partial charge in [0.2, 0.25) is 5.91 Å². The van der Waals surface area contributed by atoms with Crippen molar-refractivity contribution in [2.75, 3.05) is 6.61 Å². The summed E-state index contributed by atoms with van der Waals surface area (Å²) in [7, 11) is 0. The van der Waals surface area contributed by atoms with Crippen molar-refractivity contribution < 1.29 is 14.3 Å². The average molecular weight is 215 g/mol. The minimum atomic E-state index is -0.357. The molecule has 0 saturated carbocycles. The van der Waals surface area contributed by atoms with Gasteiger partial charge in [0.15, 0.2) is 0 Å². The van der Waals surface area contributed by atoms with E-state index < -0.39 is 0 Å². The highest BCUT2D eigenvalue weighted by molar-refractivity contribution is 5.75. The summed E-state index contributed by atoms with van der Waals surface area (Å²) in [5.41, 5.74) is 5.13. The molecule has 4 nitrogen and oxygen atoms in total. The second-order valence-corrected chi connectivity index (χ2v) is 4.18. The van der Waals surface area contributed by atoms with E-state index in [9.17, 15) is 9.59 Å². The molecular weight excluding hydrogens is 194 g/mol. The van der Waals surface area contributed by atoms with Crippen LogP contribution in [0.2, 0.25) is 0 Å². The van der Waals surface area contributed by atoms with Crippen LogP contribution in [0.15, 0.2) is 0 Å². The van der Waals surface area contributed by atoms with Crippen molar-refractivity contribution in [2.45, 2.75) is 40.0 Å². The van der Waals surface area contributed by atoms with E-state index in [0.29, 0.717) is 12.5 Å². The Balaban J connectivity index is 4.11. The zero-order valence-electron chi connectivity index (χ0n) is 9.79. The van der Waals surface area contributed by atoms with Gasteiger partial charge in [0, 0.05) is 12.8 Å². The molecule has 4 heteroatoms. The molecule has 0 saturated heterocycles. The van der Waals surface area contributed by atoms with Gasteiger partial charge in [-0.25, -0.2) is 0 Å². The molecule has 0 fully saturated rings. The lowest BCUT2D eigenvalue weighted by Gasteiger charge is -2.16. The van der Waals surface area contributed by atoms with Crippen LogP contribution in [0.25, 0.3) is 0 Å². The van der Waals surface area contributed by atoms with E-state index in [4.69, 9.17) is 10.5 Å². The number of nitrogens with two attached hydrogens (primary N) is 1. The molecule has 0 aliphatic rings. The second-order valence-electron chi connectivity index (χ2n) is 4.18. The summed E-state index contributed by atoms with van der Waals surface area (Å²) >= 11 is 0. The second kappa shape index (κ2) is 7.26. The SMILES string of the molecule is CCOC(=O)C[C@@H](CC(N)=O)CC(C)C. The monoisotopic (exact) mass is 215 g/mol. The number of carbonyl (C=O) groups excluding carboxylic acids is 2. The molecule has 0 heterocycles. The lowest BCUT2D eigenvalue weighted by molar-refractivity contribution is -0.144. The Bertz CT molecular complexity index is 214. The Morgan fingerprint density at radius 3 is 2.27 bits per heavy atom. The van der Waals surface area contributed by atoms with Crippen LogP contribution >= 0.6 is 0 Å². The van der Waals surface area contributed by atoms with Crippen molar-refractivity contribution in [3.8, 4) is 0 Å². The Labute approximate surface area is 91.2 Å². The molecule has 0 aromatic carbocycles. The van der Waals surface area contributed by atoms with Crippen molar-refractivity contribution in [2.24, 2.45) is 17.6 Å². The van der Waals surface area contributed by atoms with Gasteiger partial charge in [0.05, 0.1) is 6.61 Å². The predicted molar refractivity (Wildman–Crippen MR) is 58.0 cm³/mol. The van der Waals surface area contributed by atoms with Gasteiger partial charge in [-0.1, -0.05) is 13.8 Å². The molecule has 1 amide bonds. The standard InChI is InChI=1S/C11H21NO3/c1-4-15-11(14)7-9(5-8(2)3)6-10(12)13/h8-9H,4-7H2,1-3H3,(H2,12,13)/t9-/m1/s1. The highest BCUT2D eigenvalue weighted by Crippen LogP contribution is 2.19. The fourth-order valence-electron chi connectivity index (χ4n) is 1.65. The maximum Gasteiger partial charge on any atom is 0.306 e. The first-order valence-electron chi connectivity index (χ1n) is 5.39. The van der Waals surface area contributed by atoms with Gasteiger partial charge in [-0.3, -0.25) is 9.59 Å². The van der Waals surface area contributed by atoms with Crippen molar-refractivity contribution in [1.29, 1.82) is 0 Å². The predicted octanol–water partition coefficient (Wildman–Crippen LogP) is 1.48. The van der Waals surface area contributed by atoms with E-state index in [1.54, 1.807) is 6.92 Å². The van der Waals surface area contributed by atoms with Crippen LogP contribution in [0.5, 0.6) is 0 Å². The van der Waals surface area contributed by atoms with Gasteiger partial charge in [0.1, 0.15) is 0 Å². The zero-order chi connectivity index (χ0) is 11.8. The Kier molecular flexibility index (Phi) is 6.75. The van der Waals surface area contributed by atoms with E-state index in [1.807, 2.05) is 0 Å². The van der Waals surface area contributed by atoms with E-state index in [-0.39, 0.29) is 30.6 Å². The third kappa shape index (κ3) is 7.97. The lowest BCUT2D eigenvalue weighted by atomic mass is 9.91. The topological polar surface area (TPSA) is 69.4 Å². The average Bonchev–Trinajstić information content (AvgIpc) is 2.00. The molecule has 0 unspecified atom stereocenters. The summed E-state index contributed by atoms with van der Waals surface area (Å²) in [5.74, 6) is -0.139. The highest BCUT2D eigenvalue weighted by Gasteiger charge is 2.18. The fourth-order valence-corrected chi connectivity index (χ4v) is 1.65. The van der Waals surface area contributed by atoms with E-state index in [2.05, 4.69) is 13.8 Å². The fraction of sp³-hybridized carbons (Fsp3) is 0.818. The number of carbonyl (C=O) groups is 2. The first-order valence-corrected chi connectivity index (χ1v) is 5.39. The van der Waals surface area contributed by atoms with Gasteiger partial charge in [-0.2, -0.15) is 0 Å². The molecule has 2 N–H and O–H groups in total. The van der Waals surface area contributed by atoms with Crippen LogP contribution in [0.1, 0.15) is 40.0 Å². The third-order valence-electron chi connectivity index (χ3n) is 2.06. The largest absolute Gasteiger partial charge is 0.466 e. The third-order valence-corrected chi connectivity index (χ3v) is 2.06. The van der Waals surface area contributed by atoms with Crippen LogP contribution in [-0.2, 0) is 14.3 Å². The number of rotatable bonds is 7. The maximum atomic E-state index is 11.2. The van der Waals surface area contributed by atoms with Crippen molar-refractivity contribution in [3.63, 3.8) is 0 Å². The number of primary amides is 1. The van der Waals surface area contributed by atoms with Crippen LogP contribution in [-0.4, -0.2) is 18.5 Å². The summed E-state index contributed by atoms with van der Waals surface area (Å²) in [5, 5.41) is 0. The summed E-state index contributed by atoms with van der Waals surface area (Å²) < 4.78 is 4.84. The Hall–Kier alpha value is -1.06. The summed E-state index contributed by atoms with van der Waals surface area (Å²) in [6.07, 6.45) is 1.37. The maximum absolute atomic E-state index is 11.2. The quantitative estimate of drug-likeness (QED) is 0.654. The lowest BCUT2D eigenvalue weighted by Crippen LogP contribution is -2.21. The Morgan fingerprint density at radius 1 is 1.27 bits per heavy atom. The molecule has 0 spiro atoms. The first-order chi connectivity index (χ1) is 6.95. The minimum Gasteiger partial charge on any atom is -0.466 e. The van der Waals surface area contributed by atoms with Crippen LogP contribution < -0.4 is 5.73 Å².